The van der Waals surface area contributed by atoms with Crippen molar-refractivity contribution in [3.63, 3.8) is 0 Å². The van der Waals surface area contributed by atoms with Crippen molar-refractivity contribution in [2.45, 2.75) is 51.2 Å². The molecule has 2 fully saturated rings. The van der Waals surface area contributed by atoms with Gasteiger partial charge in [0.15, 0.2) is 5.96 Å². The summed E-state index contributed by atoms with van der Waals surface area (Å²) in [5.74, 6) is 1.97. The number of likely N-dealkylation sites (tertiary alicyclic amines) is 1. The van der Waals surface area contributed by atoms with Crippen LogP contribution in [0.2, 0.25) is 0 Å². The average molecular weight is 362 g/mol. The average Bonchev–Trinajstić information content (AvgIpc) is 3.41. The number of aliphatic imine (C=N–C) groups is 1. The van der Waals surface area contributed by atoms with Crippen LogP contribution in [-0.2, 0) is 16.0 Å². The number of amides is 1. The zero-order valence-corrected chi connectivity index (χ0v) is 15.6. The lowest BCUT2D eigenvalue weighted by Gasteiger charge is -2.19. The smallest absolute Gasteiger partial charge is 0.222 e. The standard InChI is InChI=1S/C19H30N4O3/c1-2-18(24)23-10-8-15(14-23)22-19(21-13-17-6-4-12-26-17)20-9-7-16-5-3-11-25-16/h3,5,11,15,17H,2,4,6-10,12-14H2,1H3,(H2,20,21,22). The minimum absolute atomic E-state index is 0.220. The third-order valence-electron chi connectivity index (χ3n) is 4.91. The number of ether oxygens (including phenoxy) is 1. The summed E-state index contributed by atoms with van der Waals surface area (Å²) in [5.41, 5.74) is 0. The first kappa shape index (κ1) is 18.8. The predicted molar refractivity (Wildman–Crippen MR) is 100 cm³/mol. The van der Waals surface area contributed by atoms with Gasteiger partial charge in [-0.1, -0.05) is 6.92 Å². The highest BCUT2D eigenvalue weighted by Gasteiger charge is 2.26. The van der Waals surface area contributed by atoms with Crippen LogP contribution in [0.25, 0.3) is 0 Å². The Bertz CT molecular complexity index is 582. The zero-order chi connectivity index (χ0) is 18.2. The lowest BCUT2D eigenvalue weighted by atomic mass is 10.2. The highest BCUT2D eigenvalue weighted by molar-refractivity contribution is 5.80. The molecular formula is C19H30N4O3. The van der Waals surface area contributed by atoms with Gasteiger partial charge in [-0.15, -0.1) is 0 Å². The van der Waals surface area contributed by atoms with E-state index in [1.807, 2.05) is 24.0 Å². The van der Waals surface area contributed by atoms with Gasteiger partial charge in [0.25, 0.3) is 0 Å². The molecule has 2 aliphatic heterocycles. The van der Waals surface area contributed by atoms with E-state index >= 15 is 0 Å². The Morgan fingerprint density at radius 1 is 1.42 bits per heavy atom. The topological polar surface area (TPSA) is 79.1 Å². The van der Waals surface area contributed by atoms with Gasteiger partial charge in [0.2, 0.25) is 5.91 Å². The van der Waals surface area contributed by atoms with E-state index < -0.39 is 0 Å². The van der Waals surface area contributed by atoms with Crippen molar-refractivity contribution >= 4 is 11.9 Å². The third-order valence-corrected chi connectivity index (χ3v) is 4.91. The monoisotopic (exact) mass is 362 g/mol. The van der Waals surface area contributed by atoms with E-state index in [0.29, 0.717) is 13.0 Å². The van der Waals surface area contributed by atoms with Crippen molar-refractivity contribution < 1.29 is 13.9 Å². The summed E-state index contributed by atoms with van der Waals surface area (Å²) in [6.45, 7) is 5.72. The van der Waals surface area contributed by atoms with Crippen LogP contribution in [0.1, 0.15) is 38.4 Å². The summed E-state index contributed by atoms with van der Waals surface area (Å²) in [5, 5.41) is 6.87. The van der Waals surface area contributed by atoms with Crippen LogP contribution in [0.4, 0.5) is 0 Å². The molecule has 2 unspecified atom stereocenters. The predicted octanol–water partition coefficient (Wildman–Crippen LogP) is 1.55. The van der Waals surface area contributed by atoms with Gasteiger partial charge in [-0.3, -0.25) is 9.79 Å². The van der Waals surface area contributed by atoms with Crippen LogP contribution < -0.4 is 10.6 Å². The summed E-state index contributed by atoms with van der Waals surface area (Å²) < 4.78 is 11.0. The van der Waals surface area contributed by atoms with Crippen molar-refractivity contribution in [2.24, 2.45) is 4.99 Å². The third kappa shape index (κ3) is 5.49. The molecule has 7 nitrogen and oxygen atoms in total. The van der Waals surface area contributed by atoms with Crippen LogP contribution >= 0.6 is 0 Å². The summed E-state index contributed by atoms with van der Waals surface area (Å²) in [6.07, 6.45) is 6.42. The second-order valence-corrected chi connectivity index (χ2v) is 6.90. The number of carbonyl (C=O) groups excluding carboxylic acids is 1. The van der Waals surface area contributed by atoms with E-state index in [1.54, 1.807) is 6.26 Å². The molecule has 1 aromatic rings. The normalized spacial score (nSPS) is 23.4. The maximum absolute atomic E-state index is 11.9. The van der Waals surface area contributed by atoms with E-state index in [0.717, 1.165) is 63.6 Å². The lowest BCUT2D eigenvalue weighted by Crippen LogP contribution is -2.46. The fourth-order valence-electron chi connectivity index (χ4n) is 3.41. The minimum atomic E-state index is 0.220. The number of hydrogen-bond donors (Lipinski definition) is 2. The van der Waals surface area contributed by atoms with Gasteiger partial charge in [-0.2, -0.15) is 0 Å². The molecule has 144 valence electrons. The van der Waals surface area contributed by atoms with Crippen LogP contribution in [0.15, 0.2) is 27.8 Å². The number of guanidine groups is 1. The Kier molecular flexibility index (Phi) is 6.94. The van der Waals surface area contributed by atoms with Crippen molar-refractivity contribution in [1.29, 1.82) is 0 Å². The Balaban J connectivity index is 1.51. The van der Waals surface area contributed by atoms with Crippen LogP contribution in [0.5, 0.6) is 0 Å². The molecule has 0 radical (unpaired) electrons. The van der Waals surface area contributed by atoms with Gasteiger partial charge in [0.1, 0.15) is 5.76 Å². The molecule has 7 heteroatoms. The van der Waals surface area contributed by atoms with Crippen LogP contribution in [-0.4, -0.2) is 61.7 Å². The molecular weight excluding hydrogens is 332 g/mol. The van der Waals surface area contributed by atoms with Crippen molar-refractivity contribution in [3.8, 4) is 0 Å². The first-order valence-corrected chi connectivity index (χ1v) is 9.71. The molecule has 1 aromatic heterocycles. The molecule has 2 atom stereocenters. The Hall–Kier alpha value is -2.02. The molecule has 3 rings (SSSR count). The van der Waals surface area contributed by atoms with E-state index in [2.05, 4.69) is 10.6 Å². The van der Waals surface area contributed by atoms with Crippen LogP contribution in [0.3, 0.4) is 0 Å². The number of nitrogens with zero attached hydrogens (tertiary/aromatic N) is 2. The van der Waals surface area contributed by atoms with E-state index in [4.69, 9.17) is 14.1 Å². The first-order valence-electron chi connectivity index (χ1n) is 9.71. The fraction of sp³-hybridized carbons (Fsp3) is 0.684. The van der Waals surface area contributed by atoms with Gasteiger partial charge in [0, 0.05) is 45.1 Å². The number of carbonyl (C=O) groups is 1. The van der Waals surface area contributed by atoms with Gasteiger partial charge >= 0.3 is 0 Å². The van der Waals surface area contributed by atoms with E-state index in [9.17, 15) is 4.79 Å². The Morgan fingerprint density at radius 3 is 3.08 bits per heavy atom. The summed E-state index contributed by atoms with van der Waals surface area (Å²) >= 11 is 0. The number of rotatable bonds is 7. The molecule has 0 aromatic carbocycles. The van der Waals surface area contributed by atoms with E-state index in [-0.39, 0.29) is 18.1 Å². The number of furan rings is 1. The summed E-state index contributed by atoms with van der Waals surface area (Å²) in [6, 6.07) is 4.12. The molecule has 2 saturated heterocycles. The highest BCUT2D eigenvalue weighted by Crippen LogP contribution is 2.13. The Morgan fingerprint density at radius 2 is 2.35 bits per heavy atom. The SMILES string of the molecule is CCC(=O)N1CCC(NC(=NCC2CCCO2)NCCc2ccco2)C1. The molecule has 3 heterocycles. The quantitative estimate of drug-likeness (QED) is 0.568. The molecule has 2 aliphatic rings. The molecule has 0 spiro atoms. The maximum Gasteiger partial charge on any atom is 0.222 e. The number of hydrogen-bond acceptors (Lipinski definition) is 4. The lowest BCUT2D eigenvalue weighted by molar-refractivity contribution is -0.129. The molecule has 0 saturated carbocycles. The van der Waals surface area contributed by atoms with Gasteiger partial charge in [-0.25, -0.2) is 0 Å². The maximum atomic E-state index is 11.9. The largest absolute Gasteiger partial charge is 0.469 e. The number of nitrogens with one attached hydrogen (secondary N) is 2. The van der Waals surface area contributed by atoms with Crippen LogP contribution in [0, 0.1) is 0 Å². The first-order chi connectivity index (χ1) is 12.7. The molecule has 0 aliphatic carbocycles. The second kappa shape index (κ2) is 9.62. The molecule has 2 N–H and O–H groups in total. The van der Waals surface area contributed by atoms with Crippen molar-refractivity contribution in [2.75, 3.05) is 32.8 Å². The summed E-state index contributed by atoms with van der Waals surface area (Å²) in [4.78, 5) is 18.5. The zero-order valence-electron chi connectivity index (χ0n) is 15.6. The van der Waals surface area contributed by atoms with Gasteiger partial charge in [0.05, 0.1) is 18.9 Å². The summed E-state index contributed by atoms with van der Waals surface area (Å²) in [7, 11) is 0. The van der Waals surface area contributed by atoms with Gasteiger partial charge < -0.3 is 24.7 Å². The second-order valence-electron chi connectivity index (χ2n) is 6.90. The fourth-order valence-corrected chi connectivity index (χ4v) is 3.41. The Labute approximate surface area is 155 Å². The van der Waals surface area contributed by atoms with E-state index in [1.165, 1.54) is 0 Å². The minimum Gasteiger partial charge on any atom is -0.469 e. The molecule has 26 heavy (non-hydrogen) atoms. The highest BCUT2D eigenvalue weighted by atomic mass is 16.5. The van der Waals surface area contributed by atoms with Crippen molar-refractivity contribution in [3.05, 3.63) is 24.2 Å². The van der Waals surface area contributed by atoms with Crippen molar-refractivity contribution in [1.82, 2.24) is 15.5 Å². The molecule has 1 amide bonds. The molecule has 0 bridgehead atoms. The van der Waals surface area contributed by atoms with Gasteiger partial charge in [-0.05, 0) is 31.4 Å².